The number of esters is 2. The van der Waals surface area contributed by atoms with Crippen molar-refractivity contribution in [2.75, 3.05) is 19.8 Å². The molecule has 0 fully saturated rings. The SMILES string of the molecule is CCCCCCCCCCCCCCCCCCCCC(=O)OC[C@H](COP(=O)(O)OC[C@H](N)C(=O)O)OC(C)=O. The molecule has 3 atom stereocenters. The Balaban J connectivity index is 3.79. The van der Waals surface area contributed by atoms with Crippen LogP contribution in [-0.2, 0) is 37.5 Å². The lowest BCUT2D eigenvalue weighted by atomic mass is 10.0. The fourth-order valence-electron chi connectivity index (χ4n) is 4.24. The molecule has 0 bridgehead atoms. The molecule has 0 aliphatic heterocycles. The Morgan fingerprint density at radius 2 is 1.12 bits per heavy atom. The summed E-state index contributed by atoms with van der Waals surface area (Å²) in [5.41, 5.74) is 5.21. The second-order valence-corrected chi connectivity index (χ2v) is 12.1. The monoisotopic (exact) mass is 609 g/mol. The summed E-state index contributed by atoms with van der Waals surface area (Å²) < 4.78 is 31.2. The summed E-state index contributed by atoms with van der Waals surface area (Å²) in [4.78, 5) is 43.7. The van der Waals surface area contributed by atoms with Gasteiger partial charge in [0.25, 0.3) is 0 Å². The van der Waals surface area contributed by atoms with Gasteiger partial charge in [0.15, 0.2) is 6.10 Å². The highest BCUT2D eigenvalue weighted by molar-refractivity contribution is 7.47. The van der Waals surface area contributed by atoms with Crippen LogP contribution in [0.2, 0.25) is 0 Å². The van der Waals surface area contributed by atoms with E-state index in [1.807, 2.05) is 0 Å². The van der Waals surface area contributed by atoms with Gasteiger partial charge in [0, 0.05) is 13.3 Å². The van der Waals surface area contributed by atoms with Gasteiger partial charge >= 0.3 is 25.7 Å². The number of carboxylic acids is 1. The van der Waals surface area contributed by atoms with Gasteiger partial charge in [-0.05, 0) is 6.42 Å². The standard InChI is InChI=1S/C29H56NO10P/c1-3-4-5-6-7-8-9-10-11-12-13-14-15-16-17-18-19-20-21-28(32)37-22-26(40-25(2)31)23-38-41(35,36)39-24-27(30)29(33)34/h26-27H,3-24,30H2,1-2H3,(H,33,34)(H,35,36)/t26-,27+/m1/s1. The summed E-state index contributed by atoms with van der Waals surface area (Å²) in [6.07, 6.45) is 21.8. The number of hydrogen-bond acceptors (Lipinski definition) is 9. The van der Waals surface area contributed by atoms with Crippen molar-refractivity contribution in [3.05, 3.63) is 0 Å². The number of ether oxygens (including phenoxy) is 2. The third-order valence-electron chi connectivity index (χ3n) is 6.66. The summed E-state index contributed by atoms with van der Waals surface area (Å²) >= 11 is 0. The zero-order valence-corrected chi connectivity index (χ0v) is 26.3. The number of carbonyl (C=O) groups excluding carboxylic acids is 2. The van der Waals surface area contributed by atoms with E-state index in [2.05, 4.69) is 11.4 Å². The van der Waals surface area contributed by atoms with Crippen molar-refractivity contribution in [3.8, 4) is 0 Å². The largest absolute Gasteiger partial charge is 0.480 e. The quantitative estimate of drug-likeness (QED) is 0.0484. The molecule has 0 aliphatic rings. The lowest BCUT2D eigenvalue weighted by Crippen LogP contribution is -2.34. The van der Waals surface area contributed by atoms with Gasteiger partial charge in [-0.15, -0.1) is 0 Å². The van der Waals surface area contributed by atoms with Crippen LogP contribution < -0.4 is 5.73 Å². The third kappa shape index (κ3) is 27.1. The minimum Gasteiger partial charge on any atom is -0.480 e. The second-order valence-electron chi connectivity index (χ2n) is 10.7. The van der Waals surface area contributed by atoms with Crippen LogP contribution in [0.3, 0.4) is 0 Å². The number of carbonyl (C=O) groups is 3. The molecular formula is C29H56NO10P. The maximum atomic E-state index is 12.0. The zero-order valence-electron chi connectivity index (χ0n) is 25.4. The van der Waals surface area contributed by atoms with E-state index in [9.17, 15) is 23.8 Å². The Morgan fingerprint density at radius 3 is 1.54 bits per heavy atom. The van der Waals surface area contributed by atoms with E-state index in [1.54, 1.807) is 0 Å². The fourth-order valence-corrected chi connectivity index (χ4v) is 5.02. The van der Waals surface area contributed by atoms with Crippen LogP contribution in [0, 0.1) is 0 Å². The fraction of sp³-hybridized carbons (Fsp3) is 0.897. The van der Waals surface area contributed by atoms with Gasteiger partial charge < -0.3 is 25.2 Å². The summed E-state index contributed by atoms with van der Waals surface area (Å²) in [5.74, 6) is -2.57. The number of phosphoric ester groups is 1. The van der Waals surface area contributed by atoms with E-state index in [1.165, 1.54) is 89.9 Å². The summed E-state index contributed by atoms with van der Waals surface area (Å²) in [6, 6.07) is -1.51. The Labute approximate surface area is 246 Å². The predicted molar refractivity (Wildman–Crippen MR) is 157 cm³/mol. The first kappa shape index (κ1) is 39.5. The Kier molecular flexibility index (Phi) is 25.2. The van der Waals surface area contributed by atoms with E-state index in [0.29, 0.717) is 6.42 Å². The number of aliphatic carboxylic acids is 1. The number of nitrogens with two attached hydrogens (primary N) is 1. The topological polar surface area (TPSA) is 172 Å². The molecular weight excluding hydrogens is 553 g/mol. The van der Waals surface area contributed by atoms with Gasteiger partial charge in [0.1, 0.15) is 12.6 Å². The van der Waals surface area contributed by atoms with E-state index < -0.39 is 51.1 Å². The van der Waals surface area contributed by atoms with E-state index in [-0.39, 0.29) is 13.0 Å². The van der Waals surface area contributed by atoms with Crippen LogP contribution in [-0.4, -0.2) is 59.9 Å². The van der Waals surface area contributed by atoms with Crippen LogP contribution in [0.15, 0.2) is 0 Å². The molecule has 0 radical (unpaired) electrons. The Morgan fingerprint density at radius 1 is 0.707 bits per heavy atom. The van der Waals surface area contributed by atoms with Crippen LogP contribution >= 0.6 is 7.82 Å². The van der Waals surface area contributed by atoms with E-state index in [0.717, 1.165) is 26.2 Å². The van der Waals surface area contributed by atoms with Crippen molar-refractivity contribution in [1.29, 1.82) is 0 Å². The van der Waals surface area contributed by atoms with Crippen LogP contribution in [0.4, 0.5) is 0 Å². The average molecular weight is 610 g/mol. The first-order valence-corrected chi connectivity index (χ1v) is 17.0. The van der Waals surface area contributed by atoms with Crippen molar-refractivity contribution in [1.82, 2.24) is 0 Å². The van der Waals surface area contributed by atoms with Gasteiger partial charge in [-0.2, -0.15) is 0 Å². The molecule has 0 aliphatic carbocycles. The number of phosphoric acid groups is 1. The first-order valence-electron chi connectivity index (χ1n) is 15.5. The molecule has 1 unspecified atom stereocenters. The van der Waals surface area contributed by atoms with Crippen LogP contribution in [0.1, 0.15) is 136 Å². The van der Waals surface area contributed by atoms with Gasteiger partial charge in [0.05, 0.1) is 13.2 Å². The van der Waals surface area contributed by atoms with Gasteiger partial charge in [-0.3, -0.25) is 23.4 Å². The van der Waals surface area contributed by atoms with Crippen LogP contribution in [0.5, 0.6) is 0 Å². The molecule has 0 saturated carbocycles. The third-order valence-corrected chi connectivity index (χ3v) is 7.61. The summed E-state index contributed by atoms with van der Waals surface area (Å²) in [7, 11) is -4.66. The molecule has 0 spiro atoms. The molecule has 0 aromatic heterocycles. The molecule has 12 heteroatoms. The number of carboxylic acid groups (broad SMARTS) is 1. The molecule has 242 valence electrons. The lowest BCUT2D eigenvalue weighted by molar-refractivity contribution is -0.159. The van der Waals surface area contributed by atoms with E-state index >= 15 is 0 Å². The average Bonchev–Trinajstić information content (AvgIpc) is 2.92. The minimum absolute atomic E-state index is 0.223. The molecule has 0 heterocycles. The zero-order chi connectivity index (χ0) is 30.8. The predicted octanol–water partition coefficient (Wildman–Crippen LogP) is 6.44. The van der Waals surface area contributed by atoms with Gasteiger partial charge in [-0.1, -0.05) is 116 Å². The highest BCUT2D eigenvalue weighted by Gasteiger charge is 2.27. The highest BCUT2D eigenvalue weighted by atomic mass is 31.2. The van der Waals surface area contributed by atoms with Crippen molar-refractivity contribution in [2.24, 2.45) is 5.73 Å². The van der Waals surface area contributed by atoms with Crippen molar-refractivity contribution < 1.29 is 47.5 Å². The maximum absolute atomic E-state index is 12.0. The molecule has 0 amide bonds. The Hall–Kier alpha value is -1.52. The molecule has 11 nitrogen and oxygen atoms in total. The highest BCUT2D eigenvalue weighted by Crippen LogP contribution is 2.43. The molecule has 4 N–H and O–H groups in total. The molecule has 0 saturated heterocycles. The lowest BCUT2D eigenvalue weighted by Gasteiger charge is -2.19. The smallest absolute Gasteiger partial charge is 0.472 e. The molecule has 0 rings (SSSR count). The maximum Gasteiger partial charge on any atom is 0.472 e. The number of rotatable bonds is 29. The normalized spacial score (nSPS) is 14.2. The van der Waals surface area contributed by atoms with E-state index in [4.69, 9.17) is 24.8 Å². The van der Waals surface area contributed by atoms with Crippen molar-refractivity contribution in [2.45, 2.75) is 148 Å². The second kappa shape index (κ2) is 26.1. The summed E-state index contributed by atoms with van der Waals surface area (Å²) in [5, 5.41) is 8.69. The van der Waals surface area contributed by atoms with Crippen molar-refractivity contribution >= 4 is 25.7 Å². The molecule has 41 heavy (non-hydrogen) atoms. The van der Waals surface area contributed by atoms with Crippen LogP contribution in [0.25, 0.3) is 0 Å². The number of unbranched alkanes of at least 4 members (excludes halogenated alkanes) is 17. The van der Waals surface area contributed by atoms with Gasteiger partial charge in [-0.25, -0.2) is 4.57 Å². The number of hydrogen-bond donors (Lipinski definition) is 3. The van der Waals surface area contributed by atoms with Gasteiger partial charge in [0.2, 0.25) is 0 Å². The minimum atomic E-state index is -4.66. The molecule has 0 aromatic carbocycles. The first-order chi connectivity index (χ1) is 19.6. The summed E-state index contributed by atoms with van der Waals surface area (Å²) in [6.45, 7) is 1.68. The van der Waals surface area contributed by atoms with Crippen molar-refractivity contribution in [3.63, 3.8) is 0 Å². The Bertz CT molecular complexity index is 736. The molecule has 0 aromatic rings.